The van der Waals surface area contributed by atoms with E-state index >= 15 is 0 Å². The lowest BCUT2D eigenvalue weighted by molar-refractivity contribution is -0.137. The Morgan fingerprint density at radius 1 is 1.00 bits per heavy atom. The number of rotatable bonds is 8. The number of halogens is 4. The van der Waals surface area contributed by atoms with Crippen LogP contribution >= 0.6 is 11.6 Å². The van der Waals surface area contributed by atoms with Crippen molar-refractivity contribution in [3.8, 4) is 0 Å². The number of carbonyl (C=O) groups is 2. The molecule has 0 aromatic heterocycles. The lowest BCUT2D eigenvalue weighted by atomic mass is 10.0. The van der Waals surface area contributed by atoms with Gasteiger partial charge in [-0.2, -0.15) is 13.2 Å². The molecule has 0 saturated carbocycles. The number of aryl methyl sites for hydroxylation is 1. The summed E-state index contributed by atoms with van der Waals surface area (Å²) in [5, 5.41) is 1.86. The topological polar surface area (TPSA) is 95.6 Å². The van der Waals surface area contributed by atoms with Crippen LogP contribution in [0, 0.1) is 6.92 Å². The van der Waals surface area contributed by atoms with Crippen molar-refractivity contribution in [2.24, 2.45) is 0 Å². The highest BCUT2D eigenvalue weighted by Crippen LogP contribution is 2.37. The van der Waals surface area contributed by atoms with Gasteiger partial charge in [0.15, 0.2) is 0 Å². The average Bonchev–Trinajstić information content (AvgIpc) is 2.84. The highest BCUT2D eigenvalue weighted by molar-refractivity contribution is 7.90. The van der Waals surface area contributed by atoms with Crippen LogP contribution in [0.15, 0.2) is 77.7 Å². The molecule has 1 atom stereocenters. The van der Waals surface area contributed by atoms with Crippen LogP contribution in [0.4, 0.5) is 23.7 Å². The Labute approximate surface area is 223 Å². The summed E-state index contributed by atoms with van der Waals surface area (Å²) in [4.78, 5) is 27.3. The molecule has 0 heterocycles. The summed E-state index contributed by atoms with van der Waals surface area (Å²) in [5.41, 5.74) is -0.152. The molecule has 7 nitrogen and oxygen atoms in total. The zero-order valence-electron chi connectivity index (χ0n) is 20.4. The molecule has 0 aliphatic rings. The van der Waals surface area contributed by atoms with E-state index in [1.807, 2.05) is 4.72 Å². The van der Waals surface area contributed by atoms with Crippen LogP contribution in [0.3, 0.4) is 0 Å². The number of nitrogens with zero attached hydrogens (tertiary/aromatic N) is 1. The normalized spacial score (nSPS) is 12.5. The first kappa shape index (κ1) is 29.0. The summed E-state index contributed by atoms with van der Waals surface area (Å²) in [6, 6.07) is 15.2. The number of carbonyl (C=O) groups excluding carboxylic acids is 2. The molecule has 12 heteroatoms. The smallest absolute Gasteiger partial charge is 0.325 e. The van der Waals surface area contributed by atoms with Gasteiger partial charge >= 0.3 is 12.2 Å². The molecular formula is C26H25ClF3N3O4S. The van der Waals surface area contributed by atoms with E-state index < -0.39 is 44.8 Å². The van der Waals surface area contributed by atoms with E-state index in [2.05, 4.69) is 5.32 Å². The molecule has 0 fully saturated rings. The van der Waals surface area contributed by atoms with Crippen molar-refractivity contribution in [3.05, 3.63) is 94.5 Å². The molecular weight excluding hydrogens is 543 g/mol. The van der Waals surface area contributed by atoms with E-state index in [0.29, 0.717) is 11.1 Å². The van der Waals surface area contributed by atoms with E-state index in [1.165, 1.54) is 18.2 Å². The fourth-order valence-electron chi connectivity index (χ4n) is 3.82. The average molecular weight is 568 g/mol. The van der Waals surface area contributed by atoms with Crippen molar-refractivity contribution in [1.82, 2.24) is 10.0 Å². The maximum Gasteiger partial charge on any atom is 0.417 e. The van der Waals surface area contributed by atoms with Gasteiger partial charge in [-0.25, -0.2) is 17.9 Å². The molecule has 0 saturated heterocycles. The van der Waals surface area contributed by atoms with Crippen LogP contribution in [-0.2, 0) is 27.4 Å². The van der Waals surface area contributed by atoms with Gasteiger partial charge in [-0.05, 0) is 49.2 Å². The lowest BCUT2D eigenvalue weighted by Crippen LogP contribution is -2.53. The van der Waals surface area contributed by atoms with Crippen LogP contribution in [0.5, 0.6) is 0 Å². The molecule has 0 bridgehead atoms. The Hall–Kier alpha value is -3.57. The Balaban J connectivity index is 1.92. The van der Waals surface area contributed by atoms with Gasteiger partial charge in [0, 0.05) is 18.7 Å². The monoisotopic (exact) mass is 567 g/mol. The molecule has 38 heavy (non-hydrogen) atoms. The van der Waals surface area contributed by atoms with Crippen molar-refractivity contribution in [2.45, 2.75) is 37.4 Å². The number of urea groups is 1. The van der Waals surface area contributed by atoms with Gasteiger partial charge in [-0.1, -0.05) is 60.1 Å². The summed E-state index contributed by atoms with van der Waals surface area (Å²) < 4.78 is 67.7. The van der Waals surface area contributed by atoms with Crippen LogP contribution in [0.25, 0.3) is 0 Å². The molecule has 202 valence electrons. The number of amides is 3. The Morgan fingerprint density at radius 2 is 1.63 bits per heavy atom. The van der Waals surface area contributed by atoms with Gasteiger partial charge in [0.25, 0.3) is 10.0 Å². The zero-order valence-corrected chi connectivity index (χ0v) is 22.0. The number of sulfonamides is 1. The summed E-state index contributed by atoms with van der Waals surface area (Å²) in [6.45, 7) is 3.09. The molecule has 3 rings (SSSR count). The number of alkyl halides is 3. The van der Waals surface area contributed by atoms with Gasteiger partial charge in [-0.3, -0.25) is 4.79 Å². The quantitative estimate of drug-likeness (QED) is 0.385. The Kier molecular flexibility index (Phi) is 9.05. The minimum absolute atomic E-state index is 0.0339. The molecule has 3 aromatic carbocycles. The van der Waals surface area contributed by atoms with E-state index in [1.54, 1.807) is 56.3 Å². The van der Waals surface area contributed by atoms with Crippen molar-refractivity contribution >= 4 is 39.2 Å². The minimum Gasteiger partial charge on any atom is -0.325 e. The fourth-order valence-corrected chi connectivity index (χ4v) is 5.21. The first-order chi connectivity index (χ1) is 17.8. The molecule has 1 unspecified atom stereocenters. The standard InChI is InChI=1S/C26H25ClF3N3O4S/c1-3-33(19-13-14-21(27)20(16-19)26(28,29)30)24(34)22(15-18-10-5-4-6-11-18)31-25(35)32-38(36,37)23-12-8-7-9-17(23)2/h4-14,16,22H,3,15H2,1-2H3,(H2,31,32,35). The predicted octanol–water partition coefficient (Wildman–Crippen LogP) is 5.32. The summed E-state index contributed by atoms with van der Waals surface area (Å²) >= 11 is 5.72. The number of nitrogens with one attached hydrogen (secondary N) is 2. The first-order valence-corrected chi connectivity index (χ1v) is 13.3. The van der Waals surface area contributed by atoms with Crippen LogP contribution in [0.2, 0.25) is 5.02 Å². The summed E-state index contributed by atoms with van der Waals surface area (Å²) in [5.74, 6) is -0.741. The van der Waals surface area contributed by atoms with Crippen molar-refractivity contribution < 1.29 is 31.2 Å². The highest BCUT2D eigenvalue weighted by Gasteiger charge is 2.35. The minimum atomic E-state index is -4.75. The van der Waals surface area contributed by atoms with Gasteiger partial charge in [-0.15, -0.1) is 0 Å². The largest absolute Gasteiger partial charge is 0.417 e. The number of likely N-dealkylation sites (N-methyl/N-ethyl adjacent to an activating group) is 1. The van der Waals surface area contributed by atoms with Gasteiger partial charge in [0.05, 0.1) is 15.5 Å². The summed E-state index contributed by atoms with van der Waals surface area (Å²) in [6.07, 6.45) is -4.80. The number of hydrogen-bond donors (Lipinski definition) is 2. The molecule has 2 N–H and O–H groups in total. The lowest BCUT2D eigenvalue weighted by Gasteiger charge is -2.28. The number of hydrogen-bond acceptors (Lipinski definition) is 4. The van der Waals surface area contributed by atoms with E-state index in [0.717, 1.165) is 17.0 Å². The maximum absolute atomic E-state index is 13.6. The Morgan fingerprint density at radius 3 is 2.24 bits per heavy atom. The van der Waals surface area contributed by atoms with Crippen molar-refractivity contribution in [3.63, 3.8) is 0 Å². The molecule has 0 spiro atoms. The second-order valence-electron chi connectivity index (χ2n) is 8.33. The molecule has 0 aliphatic heterocycles. The second kappa shape index (κ2) is 11.9. The molecule has 3 aromatic rings. The third-order valence-electron chi connectivity index (χ3n) is 5.65. The van der Waals surface area contributed by atoms with Gasteiger partial charge in [0.1, 0.15) is 6.04 Å². The van der Waals surface area contributed by atoms with Crippen LogP contribution in [-0.4, -0.2) is 32.9 Å². The maximum atomic E-state index is 13.6. The van der Waals surface area contributed by atoms with Crippen LogP contribution < -0.4 is 14.9 Å². The van der Waals surface area contributed by atoms with E-state index in [-0.39, 0.29) is 23.5 Å². The Bertz CT molecular complexity index is 1420. The van der Waals surface area contributed by atoms with E-state index in [9.17, 15) is 31.2 Å². The van der Waals surface area contributed by atoms with Crippen molar-refractivity contribution in [2.75, 3.05) is 11.4 Å². The molecule has 3 amide bonds. The third-order valence-corrected chi connectivity index (χ3v) is 7.47. The van der Waals surface area contributed by atoms with E-state index in [4.69, 9.17) is 11.6 Å². The summed E-state index contributed by atoms with van der Waals surface area (Å²) in [7, 11) is -4.27. The number of benzene rings is 3. The van der Waals surface area contributed by atoms with Crippen molar-refractivity contribution in [1.29, 1.82) is 0 Å². The zero-order chi connectivity index (χ0) is 28.1. The predicted molar refractivity (Wildman–Crippen MR) is 138 cm³/mol. The van der Waals surface area contributed by atoms with Crippen LogP contribution in [0.1, 0.15) is 23.6 Å². The fraction of sp³-hybridized carbons (Fsp3) is 0.231. The number of anilines is 1. The second-order valence-corrected chi connectivity index (χ2v) is 10.4. The van der Waals surface area contributed by atoms with Gasteiger partial charge in [0.2, 0.25) is 5.91 Å². The van der Waals surface area contributed by atoms with Gasteiger partial charge < -0.3 is 10.2 Å². The highest BCUT2D eigenvalue weighted by atomic mass is 35.5. The SMILES string of the molecule is CCN(C(=O)C(Cc1ccccc1)NC(=O)NS(=O)(=O)c1ccccc1C)c1ccc(Cl)c(C(F)(F)F)c1. The first-order valence-electron chi connectivity index (χ1n) is 11.4. The third kappa shape index (κ3) is 7.05. The molecule has 0 radical (unpaired) electrons. The molecule has 0 aliphatic carbocycles.